The van der Waals surface area contributed by atoms with Crippen molar-refractivity contribution in [3.63, 3.8) is 0 Å². The number of nitrogens with zero attached hydrogens (tertiary/aromatic N) is 1. The fourth-order valence-corrected chi connectivity index (χ4v) is 2.56. The standard InChI is InChI=1S/C12H11NO5S/c1-8-2-4-10(5-3-8)18-6-9-7-19(16,17)11(13-9)12(14)15/h2-5,7H,6H2,1H3,(H,14,15). The van der Waals surface area contributed by atoms with Gasteiger partial charge in [-0.3, -0.25) is 0 Å². The second-order valence-electron chi connectivity index (χ2n) is 3.98. The molecular weight excluding hydrogens is 270 g/mol. The SMILES string of the molecule is Cc1ccc(OCC2=CS(=O)(=O)C(C(=O)O)=N2)cc1. The number of carbonyl (C=O) groups is 1. The van der Waals surface area contributed by atoms with Crippen LogP contribution in [0.4, 0.5) is 0 Å². The average Bonchev–Trinajstić information content (AvgIpc) is 2.64. The Morgan fingerprint density at radius 3 is 2.47 bits per heavy atom. The van der Waals surface area contributed by atoms with E-state index in [2.05, 4.69) is 4.99 Å². The number of benzene rings is 1. The second-order valence-corrected chi connectivity index (χ2v) is 5.69. The zero-order chi connectivity index (χ0) is 14.0. The number of ether oxygens (including phenoxy) is 1. The molecule has 0 saturated carbocycles. The van der Waals surface area contributed by atoms with Gasteiger partial charge in [0.05, 0.1) is 11.1 Å². The van der Waals surface area contributed by atoms with Crippen molar-refractivity contribution in [2.45, 2.75) is 6.92 Å². The molecule has 100 valence electrons. The molecule has 0 bridgehead atoms. The van der Waals surface area contributed by atoms with Crippen LogP contribution in [0.1, 0.15) is 5.56 Å². The number of sulfone groups is 1. The monoisotopic (exact) mass is 281 g/mol. The Hall–Kier alpha value is -2.15. The third-order valence-corrected chi connectivity index (χ3v) is 3.78. The van der Waals surface area contributed by atoms with Gasteiger partial charge >= 0.3 is 5.97 Å². The molecule has 1 aliphatic rings. The van der Waals surface area contributed by atoms with Crippen molar-refractivity contribution in [2.75, 3.05) is 6.61 Å². The number of carboxylic acids is 1. The summed E-state index contributed by atoms with van der Waals surface area (Å²) in [6.45, 7) is 1.83. The molecule has 0 fully saturated rings. The summed E-state index contributed by atoms with van der Waals surface area (Å²) in [5.41, 5.74) is 1.14. The fourth-order valence-electron chi connectivity index (χ4n) is 1.48. The smallest absolute Gasteiger partial charge is 0.366 e. The maximum absolute atomic E-state index is 11.4. The molecule has 19 heavy (non-hydrogen) atoms. The van der Waals surface area contributed by atoms with Gasteiger partial charge in [-0.25, -0.2) is 18.2 Å². The molecule has 1 N–H and O–H groups in total. The van der Waals surface area contributed by atoms with Gasteiger partial charge in [0, 0.05) is 0 Å². The number of hydrogen-bond donors (Lipinski definition) is 1. The summed E-state index contributed by atoms with van der Waals surface area (Å²) < 4.78 is 28.2. The van der Waals surface area contributed by atoms with Crippen molar-refractivity contribution in [2.24, 2.45) is 4.99 Å². The first-order valence-corrected chi connectivity index (χ1v) is 6.90. The molecule has 0 amide bonds. The van der Waals surface area contributed by atoms with Crippen molar-refractivity contribution in [3.8, 4) is 5.75 Å². The summed E-state index contributed by atoms with van der Waals surface area (Å²) in [5.74, 6) is -1.01. The quantitative estimate of drug-likeness (QED) is 0.892. The van der Waals surface area contributed by atoms with E-state index >= 15 is 0 Å². The molecular formula is C12H11NO5S. The predicted molar refractivity (Wildman–Crippen MR) is 68.7 cm³/mol. The van der Waals surface area contributed by atoms with Crippen LogP contribution in [0.2, 0.25) is 0 Å². The van der Waals surface area contributed by atoms with Crippen molar-refractivity contribution in [3.05, 3.63) is 40.9 Å². The maximum Gasteiger partial charge on any atom is 0.366 e. The van der Waals surface area contributed by atoms with Gasteiger partial charge < -0.3 is 9.84 Å². The van der Waals surface area contributed by atoms with Gasteiger partial charge in [0.2, 0.25) is 14.9 Å². The first-order chi connectivity index (χ1) is 8.88. The minimum Gasteiger partial charge on any atom is -0.487 e. The summed E-state index contributed by atoms with van der Waals surface area (Å²) >= 11 is 0. The predicted octanol–water partition coefficient (Wildman–Crippen LogP) is 1.13. The van der Waals surface area contributed by atoms with Crippen LogP contribution in [0.25, 0.3) is 0 Å². The van der Waals surface area contributed by atoms with Gasteiger partial charge in [-0.1, -0.05) is 17.7 Å². The molecule has 1 aromatic carbocycles. The Labute approximate surface area is 110 Å². The molecule has 2 rings (SSSR count). The van der Waals surface area contributed by atoms with Crippen LogP contribution in [0.3, 0.4) is 0 Å². The largest absolute Gasteiger partial charge is 0.487 e. The van der Waals surface area contributed by atoms with Gasteiger partial charge in [0.25, 0.3) is 0 Å². The molecule has 0 spiro atoms. The van der Waals surface area contributed by atoms with Crippen LogP contribution in [0.15, 0.2) is 40.4 Å². The van der Waals surface area contributed by atoms with E-state index in [-0.39, 0.29) is 12.3 Å². The molecule has 1 aliphatic heterocycles. The highest BCUT2D eigenvalue weighted by Gasteiger charge is 2.31. The minimum absolute atomic E-state index is 0.0676. The van der Waals surface area contributed by atoms with Crippen molar-refractivity contribution in [1.29, 1.82) is 0 Å². The number of hydrogen-bond acceptors (Lipinski definition) is 5. The lowest BCUT2D eigenvalue weighted by molar-refractivity contribution is -0.129. The third-order valence-electron chi connectivity index (χ3n) is 2.40. The molecule has 0 aromatic heterocycles. The molecule has 6 nitrogen and oxygen atoms in total. The Morgan fingerprint density at radius 1 is 1.32 bits per heavy atom. The Balaban J connectivity index is 2.09. The summed E-state index contributed by atoms with van der Waals surface area (Å²) in [5, 5.41) is 8.64. The molecule has 1 aromatic rings. The van der Waals surface area contributed by atoms with Crippen LogP contribution in [0.5, 0.6) is 5.75 Å². The Kier molecular flexibility index (Phi) is 3.39. The summed E-state index contributed by atoms with van der Waals surface area (Å²) in [6.07, 6.45) is 0. The van der Waals surface area contributed by atoms with Crippen LogP contribution >= 0.6 is 0 Å². The molecule has 0 radical (unpaired) electrons. The summed E-state index contributed by atoms with van der Waals surface area (Å²) in [7, 11) is -3.94. The number of aryl methyl sites for hydroxylation is 1. The number of rotatable bonds is 4. The first-order valence-electron chi connectivity index (χ1n) is 5.35. The van der Waals surface area contributed by atoms with Crippen molar-refractivity contribution >= 4 is 20.9 Å². The number of aliphatic carboxylic acids is 1. The Morgan fingerprint density at radius 2 is 1.95 bits per heavy atom. The van der Waals surface area contributed by atoms with E-state index in [9.17, 15) is 13.2 Å². The van der Waals surface area contributed by atoms with E-state index < -0.39 is 20.9 Å². The van der Waals surface area contributed by atoms with E-state index in [0.29, 0.717) is 5.75 Å². The number of aliphatic imine (C=N–C) groups is 1. The topological polar surface area (TPSA) is 93.0 Å². The van der Waals surface area contributed by atoms with Crippen molar-refractivity contribution < 1.29 is 23.1 Å². The fraction of sp³-hybridized carbons (Fsp3) is 0.167. The van der Waals surface area contributed by atoms with E-state index in [0.717, 1.165) is 11.0 Å². The van der Waals surface area contributed by atoms with Crippen LogP contribution < -0.4 is 4.74 Å². The zero-order valence-electron chi connectivity index (χ0n) is 10.0. The molecule has 7 heteroatoms. The van der Waals surface area contributed by atoms with Crippen LogP contribution in [-0.4, -0.2) is 31.1 Å². The Bertz CT molecular complexity index is 671. The molecule has 1 heterocycles. The highest BCUT2D eigenvalue weighted by atomic mass is 32.2. The zero-order valence-corrected chi connectivity index (χ0v) is 10.8. The molecule has 0 unspecified atom stereocenters. The van der Waals surface area contributed by atoms with E-state index in [1.807, 2.05) is 19.1 Å². The van der Waals surface area contributed by atoms with E-state index in [1.54, 1.807) is 12.1 Å². The van der Waals surface area contributed by atoms with Gasteiger partial charge in [-0.05, 0) is 19.1 Å². The number of carboxylic acid groups (broad SMARTS) is 1. The van der Waals surface area contributed by atoms with Gasteiger partial charge in [-0.2, -0.15) is 0 Å². The van der Waals surface area contributed by atoms with Gasteiger partial charge in [0.1, 0.15) is 12.4 Å². The maximum atomic E-state index is 11.4. The summed E-state index contributed by atoms with van der Waals surface area (Å²) in [6, 6.07) is 7.17. The second kappa shape index (κ2) is 4.85. The van der Waals surface area contributed by atoms with E-state index in [1.165, 1.54) is 0 Å². The minimum atomic E-state index is -3.94. The van der Waals surface area contributed by atoms with E-state index in [4.69, 9.17) is 9.84 Å². The van der Waals surface area contributed by atoms with Gasteiger partial charge in [-0.15, -0.1) is 0 Å². The first kappa shape index (κ1) is 13.3. The van der Waals surface area contributed by atoms with Crippen LogP contribution in [0, 0.1) is 6.92 Å². The lowest BCUT2D eigenvalue weighted by atomic mass is 10.2. The van der Waals surface area contributed by atoms with Crippen molar-refractivity contribution in [1.82, 2.24) is 0 Å². The van der Waals surface area contributed by atoms with Crippen LogP contribution in [-0.2, 0) is 14.6 Å². The molecule has 0 aliphatic carbocycles. The normalized spacial score (nSPS) is 16.7. The van der Waals surface area contributed by atoms with Gasteiger partial charge in [0.15, 0.2) is 0 Å². The summed E-state index contributed by atoms with van der Waals surface area (Å²) in [4.78, 5) is 14.2. The highest BCUT2D eigenvalue weighted by Crippen LogP contribution is 2.17. The molecule has 0 atom stereocenters. The lowest BCUT2D eigenvalue weighted by Gasteiger charge is -2.04. The average molecular weight is 281 g/mol. The third kappa shape index (κ3) is 3.00. The highest BCUT2D eigenvalue weighted by molar-refractivity contribution is 8.11. The lowest BCUT2D eigenvalue weighted by Crippen LogP contribution is -2.19. The molecule has 0 saturated heterocycles.